The molecule has 378 valence electrons. The Labute approximate surface area is 417 Å². The second-order valence-corrected chi connectivity index (χ2v) is 27.4. The lowest BCUT2D eigenvalue weighted by molar-refractivity contribution is -0.244. The van der Waals surface area contributed by atoms with Gasteiger partial charge in [0.05, 0.1) is 25.0 Å². The molecule has 1 aliphatic heterocycles. The normalized spacial score (nSPS) is 48.3. The molecule has 11 rings (SSSR count). The molecule has 9 heteroatoms. The molecular weight excluding hydrogens is 877 g/mol. The Morgan fingerprint density at radius 3 is 1.63 bits per heavy atom. The van der Waals surface area contributed by atoms with Crippen molar-refractivity contribution < 1.29 is 42.9 Å². The third-order valence-corrected chi connectivity index (χ3v) is 24.5. The first-order valence-electron chi connectivity index (χ1n) is 26.8. The summed E-state index contributed by atoms with van der Waals surface area (Å²) in [6, 6.07) is 2.01. The summed E-state index contributed by atoms with van der Waals surface area (Å²) in [6.07, 6.45) is 21.2. The summed E-state index contributed by atoms with van der Waals surface area (Å²) in [6.45, 7) is 27.4. The fourth-order valence-electron chi connectivity index (χ4n) is 19.2. The van der Waals surface area contributed by atoms with E-state index < -0.39 is 33.0 Å². The lowest BCUT2D eigenvalue weighted by Crippen LogP contribution is -2.70. The molecule has 1 heterocycles. The maximum atomic E-state index is 15.3. The highest BCUT2D eigenvalue weighted by Crippen LogP contribution is 2.78. The van der Waals surface area contributed by atoms with E-state index in [0.29, 0.717) is 23.0 Å². The van der Waals surface area contributed by atoms with Crippen LogP contribution in [0.3, 0.4) is 0 Å². The maximum Gasteiger partial charge on any atom is 0.319 e. The van der Waals surface area contributed by atoms with Crippen LogP contribution in [0.4, 0.5) is 0 Å². The molecule has 6 saturated carbocycles. The van der Waals surface area contributed by atoms with Gasteiger partial charge >= 0.3 is 17.7 Å². The van der Waals surface area contributed by atoms with Crippen LogP contribution in [0.2, 0.25) is 0 Å². The number of carbonyl (C=O) groups is 4. The second-order valence-electron chi connectivity index (χ2n) is 27.4. The third kappa shape index (κ3) is 5.40. The Hall–Kier alpha value is -3.98. The van der Waals surface area contributed by atoms with Crippen molar-refractivity contribution in [1.82, 2.24) is 0 Å². The van der Waals surface area contributed by atoms with Crippen molar-refractivity contribution in [2.24, 2.45) is 60.6 Å². The van der Waals surface area contributed by atoms with E-state index in [4.69, 9.17) is 23.7 Å². The molecule has 10 aliphatic rings. The van der Waals surface area contributed by atoms with Gasteiger partial charge in [-0.15, -0.1) is 0 Å². The Morgan fingerprint density at radius 2 is 1.10 bits per heavy atom. The van der Waals surface area contributed by atoms with Gasteiger partial charge in [-0.25, -0.2) is 0 Å². The number of carbonyl (C=O) groups excluding carboxylic acids is 4. The van der Waals surface area contributed by atoms with E-state index >= 15 is 9.59 Å². The minimum atomic E-state index is -1.83. The van der Waals surface area contributed by atoms with Gasteiger partial charge in [0.25, 0.3) is 0 Å². The van der Waals surface area contributed by atoms with Crippen molar-refractivity contribution in [1.29, 1.82) is 0 Å². The topological polar surface area (TPSA) is 114 Å². The van der Waals surface area contributed by atoms with Gasteiger partial charge in [-0.2, -0.15) is 0 Å². The van der Waals surface area contributed by atoms with Gasteiger partial charge in [-0.3, -0.25) is 19.2 Å². The summed E-state index contributed by atoms with van der Waals surface area (Å²) in [5, 5.41) is 0. The molecule has 9 nitrogen and oxygen atoms in total. The van der Waals surface area contributed by atoms with Crippen molar-refractivity contribution in [3.05, 3.63) is 69.4 Å². The van der Waals surface area contributed by atoms with E-state index in [2.05, 4.69) is 81.4 Å². The number of ketones is 2. The van der Waals surface area contributed by atoms with Crippen LogP contribution in [0.1, 0.15) is 188 Å². The molecule has 0 saturated heterocycles. The highest BCUT2D eigenvalue weighted by Gasteiger charge is 2.73. The van der Waals surface area contributed by atoms with Crippen LogP contribution in [0.5, 0.6) is 11.5 Å². The maximum absolute atomic E-state index is 15.3. The van der Waals surface area contributed by atoms with Crippen LogP contribution in [0, 0.1) is 67.5 Å². The van der Waals surface area contributed by atoms with Crippen molar-refractivity contribution in [3.8, 4) is 11.5 Å². The Morgan fingerprint density at radius 1 is 0.586 bits per heavy atom. The molecule has 1 aromatic rings. The summed E-state index contributed by atoms with van der Waals surface area (Å²) in [5.41, 5.74) is 2.71. The van der Waals surface area contributed by atoms with Crippen molar-refractivity contribution >= 4 is 23.5 Å². The number of esters is 2. The van der Waals surface area contributed by atoms with Crippen LogP contribution < -0.4 is 9.47 Å². The zero-order valence-electron chi connectivity index (χ0n) is 45.1. The fraction of sp³-hybridized carbons (Fsp3) is 0.705. The number of hydrogen-bond acceptors (Lipinski definition) is 9. The quantitative estimate of drug-likeness (QED) is 0.273. The molecule has 0 spiro atoms. The summed E-state index contributed by atoms with van der Waals surface area (Å²) in [4.78, 5) is 57.0. The van der Waals surface area contributed by atoms with E-state index in [9.17, 15) is 9.59 Å². The molecule has 0 unspecified atom stereocenters. The first-order valence-corrected chi connectivity index (χ1v) is 26.8. The number of fused-ring (bicyclic) bond motifs is 17. The molecule has 0 aromatic heterocycles. The third-order valence-electron chi connectivity index (χ3n) is 24.5. The molecule has 0 amide bonds. The Kier molecular flexibility index (Phi) is 9.79. The molecule has 1 aromatic carbocycles. The zero-order chi connectivity index (χ0) is 50.6. The van der Waals surface area contributed by atoms with Crippen molar-refractivity contribution in [3.63, 3.8) is 0 Å². The molecular formula is C61H80O9. The summed E-state index contributed by atoms with van der Waals surface area (Å²) in [7, 11) is 4.57. The first-order chi connectivity index (χ1) is 32.5. The number of benzene rings is 1. The van der Waals surface area contributed by atoms with Gasteiger partial charge in [-0.1, -0.05) is 73.1 Å². The van der Waals surface area contributed by atoms with E-state index in [1.54, 1.807) is 13.2 Å². The second kappa shape index (κ2) is 14.2. The van der Waals surface area contributed by atoms with Gasteiger partial charge in [0, 0.05) is 34.6 Å². The average Bonchev–Trinajstić information content (AvgIpc) is 3.32. The number of hydrogen-bond donors (Lipinski definition) is 0. The summed E-state index contributed by atoms with van der Waals surface area (Å²) < 4.78 is 31.7. The average molecular weight is 957 g/mol. The number of ether oxygens (including phenoxy) is 5. The first kappa shape index (κ1) is 48.3. The largest absolute Gasteiger partial charge is 0.471 e. The summed E-state index contributed by atoms with van der Waals surface area (Å²) >= 11 is 0. The molecule has 9 aliphatic carbocycles. The van der Waals surface area contributed by atoms with Gasteiger partial charge in [0.1, 0.15) is 0 Å². The SMILES string of the molecule is COC(=O)[C@]1(C)CC[C@]2(C)CC[C@]3(C)C4=CC=C5C(=CC(=O)[C@]6(OC)Oc7cc8c(c(C)c7O[C@]56C)C(=O)C=C5[C@@]8(C)CC[C@@]6(C)[C@@H]7C[C@](C)(C(=O)OC)CC[C@]7(C)CC[C@]56C)[C@]4(C)CC[C@@]3(C)[C@@H]2C1. The van der Waals surface area contributed by atoms with Crippen LogP contribution >= 0.6 is 0 Å². The lowest BCUT2D eigenvalue weighted by atomic mass is 9.34. The highest BCUT2D eigenvalue weighted by molar-refractivity contribution is 6.10. The molecule has 0 bridgehead atoms. The summed E-state index contributed by atoms with van der Waals surface area (Å²) in [5.74, 6) is -0.858. The van der Waals surface area contributed by atoms with Gasteiger partial charge < -0.3 is 23.7 Å². The predicted molar refractivity (Wildman–Crippen MR) is 268 cm³/mol. The molecule has 6 fully saturated rings. The molecule has 0 radical (unpaired) electrons. The standard InChI is InChI=1S/C61H80O9/c1-35-46-38(55(7)25-29-59(11)44-34-53(5,49(65)67-14)21-19-51(44,3)23-27-57(59,9)42(55)32-39(46)62)30-40-47(35)70-60(12)36-16-17-41-54(6,37(36)31-45(63)61(60,68-15)69-40)24-28-58(10)43-33-52(4,48(64)66-13)20-18-50(43,2)22-26-56(41,58)8/h16-17,30-32,43-44H,18-29,33-34H2,1-15H3/t43-,44-,50-,51-,52-,53-,54+,55+,56-,57-,58+,59+,60-,61+/m1/s1. The molecule has 70 heavy (non-hydrogen) atoms. The van der Waals surface area contributed by atoms with E-state index in [1.165, 1.54) is 25.4 Å². The van der Waals surface area contributed by atoms with E-state index in [0.717, 1.165) is 112 Å². The minimum absolute atomic E-state index is 0.0221. The number of rotatable bonds is 3. The van der Waals surface area contributed by atoms with Crippen molar-refractivity contribution in [2.75, 3.05) is 21.3 Å². The lowest BCUT2D eigenvalue weighted by Gasteiger charge is -2.70. The highest BCUT2D eigenvalue weighted by atomic mass is 16.7. The van der Waals surface area contributed by atoms with E-state index in [1.807, 2.05) is 26.0 Å². The Bertz CT molecular complexity index is 2740. The van der Waals surface area contributed by atoms with Crippen LogP contribution in [0.25, 0.3) is 0 Å². The van der Waals surface area contributed by atoms with E-state index in [-0.39, 0.29) is 61.9 Å². The van der Waals surface area contributed by atoms with Gasteiger partial charge in [0.2, 0.25) is 11.4 Å². The molecule has 0 N–H and O–H groups in total. The minimum Gasteiger partial charge on any atom is -0.471 e. The van der Waals surface area contributed by atoms with Crippen molar-refractivity contribution in [2.45, 2.75) is 190 Å². The van der Waals surface area contributed by atoms with Crippen LogP contribution in [-0.4, -0.2) is 56.2 Å². The zero-order valence-corrected chi connectivity index (χ0v) is 45.1. The van der Waals surface area contributed by atoms with Gasteiger partial charge in [0.15, 0.2) is 17.3 Å². The molecule has 14 atom stereocenters. The van der Waals surface area contributed by atoms with Crippen LogP contribution in [0.15, 0.2) is 52.7 Å². The smallest absolute Gasteiger partial charge is 0.319 e. The fourth-order valence-corrected chi connectivity index (χ4v) is 19.2. The van der Waals surface area contributed by atoms with Gasteiger partial charge in [-0.05, 0) is 197 Å². The Balaban J connectivity index is 0.980. The monoisotopic (exact) mass is 957 g/mol. The number of methoxy groups -OCH3 is 3. The number of allylic oxidation sites excluding steroid dienone is 5. The van der Waals surface area contributed by atoms with Crippen LogP contribution in [-0.2, 0) is 34.0 Å². The predicted octanol–water partition coefficient (Wildman–Crippen LogP) is 12.8.